The molecule has 8 heteroatoms. The average Bonchev–Trinajstić information content (AvgIpc) is 3.22. The standard InChI is InChI=1S/C51H69N3O5/c1-37(35-53-2)28-41(24-27-51(58)25-8-5-9-26-51)16-11-17-46(55)34-47(56)23-22-42-32-49(59-3)48(57)31-44(42)30-45-36-54-50(52)33-43(45)21-20-40-15-10-14-39(29-40)19-18-38-12-6-4-7-13-38/h4,6-7,10,12-15,22-23,29,31-33,36-37,41,50,53-54,57-58H,5,8-9,11,16-21,24-28,30,34-35,52H2,1-3H3. The van der Waals surface area contributed by atoms with Crippen LogP contribution in [0.5, 0.6) is 11.5 Å². The summed E-state index contributed by atoms with van der Waals surface area (Å²) in [5.41, 5.74) is 13.5. The first kappa shape index (κ1) is 45.6. The topological polar surface area (TPSA) is 134 Å². The van der Waals surface area contributed by atoms with Crippen molar-refractivity contribution in [3.63, 3.8) is 0 Å². The van der Waals surface area contributed by atoms with Crippen molar-refractivity contribution in [2.24, 2.45) is 17.6 Å². The molecule has 0 spiro atoms. The van der Waals surface area contributed by atoms with Gasteiger partial charge in [-0.3, -0.25) is 9.59 Å². The summed E-state index contributed by atoms with van der Waals surface area (Å²) in [5, 5.41) is 28.5. The summed E-state index contributed by atoms with van der Waals surface area (Å²) in [6.45, 7) is 3.20. The number of benzene rings is 3. The van der Waals surface area contributed by atoms with E-state index in [1.165, 1.54) is 36.3 Å². The van der Waals surface area contributed by atoms with Crippen LogP contribution in [0.2, 0.25) is 0 Å². The van der Waals surface area contributed by atoms with Gasteiger partial charge in [0.05, 0.1) is 25.3 Å². The van der Waals surface area contributed by atoms with Crippen molar-refractivity contribution in [2.45, 2.75) is 128 Å². The van der Waals surface area contributed by atoms with Gasteiger partial charge < -0.3 is 31.3 Å². The number of ketones is 2. The molecule has 5 rings (SSSR count). The summed E-state index contributed by atoms with van der Waals surface area (Å²) in [5.74, 6) is 0.988. The van der Waals surface area contributed by atoms with Crippen molar-refractivity contribution >= 4 is 17.6 Å². The summed E-state index contributed by atoms with van der Waals surface area (Å²) in [7, 11) is 3.48. The Kier molecular flexibility index (Phi) is 18.0. The quantitative estimate of drug-likeness (QED) is 0.0448. The molecule has 0 amide bonds. The van der Waals surface area contributed by atoms with Crippen LogP contribution in [-0.4, -0.2) is 54.2 Å². The zero-order chi connectivity index (χ0) is 42.0. The maximum atomic E-state index is 13.2. The Morgan fingerprint density at radius 2 is 1.66 bits per heavy atom. The van der Waals surface area contributed by atoms with Crippen LogP contribution in [-0.2, 0) is 35.3 Å². The molecule has 0 radical (unpaired) electrons. The lowest BCUT2D eigenvalue weighted by molar-refractivity contribution is -0.124. The molecule has 0 saturated heterocycles. The molecule has 6 N–H and O–H groups in total. The minimum Gasteiger partial charge on any atom is -0.504 e. The van der Waals surface area contributed by atoms with Gasteiger partial charge in [0.25, 0.3) is 0 Å². The molecule has 8 nitrogen and oxygen atoms in total. The van der Waals surface area contributed by atoms with Gasteiger partial charge in [-0.2, -0.15) is 0 Å². The van der Waals surface area contributed by atoms with Crippen molar-refractivity contribution in [3.8, 4) is 11.5 Å². The second kappa shape index (κ2) is 23.3. The number of allylic oxidation sites excluding steroid dienone is 3. The van der Waals surface area contributed by atoms with Crippen LogP contribution in [0.4, 0.5) is 0 Å². The van der Waals surface area contributed by atoms with Gasteiger partial charge in [0, 0.05) is 12.6 Å². The zero-order valence-corrected chi connectivity index (χ0v) is 35.8. The van der Waals surface area contributed by atoms with E-state index < -0.39 is 5.60 Å². The Balaban J connectivity index is 1.17. The SMILES string of the molecule is CNCC(C)CC(CCCC(=O)CC(=O)C=Cc1cc(OC)c(O)cc1CC1=CNC(N)C=C1CCc1cccc(CCc2ccccc2)c1)CCC1(O)CCCCC1. The first-order valence-corrected chi connectivity index (χ1v) is 22.1. The van der Waals surface area contributed by atoms with E-state index in [1.807, 2.05) is 19.3 Å². The van der Waals surface area contributed by atoms with E-state index >= 15 is 0 Å². The predicted molar refractivity (Wildman–Crippen MR) is 240 cm³/mol. The molecule has 318 valence electrons. The second-order valence-electron chi connectivity index (χ2n) is 17.3. The molecule has 3 aromatic carbocycles. The van der Waals surface area contributed by atoms with Gasteiger partial charge in [-0.05, 0) is 159 Å². The lowest BCUT2D eigenvalue weighted by Gasteiger charge is -2.34. The molecule has 59 heavy (non-hydrogen) atoms. The molecular formula is C51H69N3O5. The van der Waals surface area contributed by atoms with Crippen LogP contribution in [0.3, 0.4) is 0 Å². The third-order valence-electron chi connectivity index (χ3n) is 12.3. The van der Waals surface area contributed by atoms with Crippen molar-refractivity contribution in [3.05, 3.63) is 124 Å². The maximum Gasteiger partial charge on any atom is 0.163 e. The Hall–Kier alpha value is -4.50. The summed E-state index contributed by atoms with van der Waals surface area (Å²) >= 11 is 0. The minimum absolute atomic E-state index is 0.0200. The number of aromatic hydroxyl groups is 1. The zero-order valence-electron chi connectivity index (χ0n) is 35.8. The summed E-state index contributed by atoms with van der Waals surface area (Å²) in [6.07, 6.45) is 21.0. The summed E-state index contributed by atoms with van der Waals surface area (Å²) < 4.78 is 5.44. The largest absolute Gasteiger partial charge is 0.504 e. The number of hydrogen-bond donors (Lipinski definition) is 5. The van der Waals surface area contributed by atoms with Crippen molar-refractivity contribution in [1.29, 1.82) is 0 Å². The summed E-state index contributed by atoms with van der Waals surface area (Å²) in [4.78, 5) is 26.2. The highest BCUT2D eigenvalue weighted by molar-refractivity contribution is 6.06. The predicted octanol–water partition coefficient (Wildman–Crippen LogP) is 9.11. The van der Waals surface area contributed by atoms with Gasteiger partial charge in [-0.1, -0.05) is 93.3 Å². The molecule has 2 aliphatic rings. The van der Waals surface area contributed by atoms with Crippen LogP contribution in [0.25, 0.3) is 6.08 Å². The highest BCUT2D eigenvalue weighted by Crippen LogP contribution is 2.36. The lowest BCUT2D eigenvalue weighted by Crippen LogP contribution is -2.35. The Morgan fingerprint density at radius 1 is 0.949 bits per heavy atom. The number of phenols is 1. The van der Waals surface area contributed by atoms with E-state index in [0.29, 0.717) is 30.4 Å². The highest BCUT2D eigenvalue weighted by Gasteiger charge is 2.30. The number of dihydropyridines is 1. The minimum atomic E-state index is -0.536. The fourth-order valence-electron chi connectivity index (χ4n) is 8.95. The first-order valence-electron chi connectivity index (χ1n) is 22.1. The van der Waals surface area contributed by atoms with Crippen molar-refractivity contribution in [2.75, 3.05) is 20.7 Å². The van der Waals surface area contributed by atoms with E-state index in [4.69, 9.17) is 10.5 Å². The molecule has 1 aliphatic carbocycles. The molecule has 3 atom stereocenters. The lowest BCUT2D eigenvalue weighted by atomic mass is 9.78. The molecule has 3 aromatic rings. The van der Waals surface area contributed by atoms with E-state index in [0.717, 1.165) is 112 Å². The first-order chi connectivity index (χ1) is 28.5. The number of ether oxygens (including phenoxy) is 1. The molecule has 1 saturated carbocycles. The molecule has 0 bridgehead atoms. The number of aliphatic hydroxyl groups is 1. The number of carbonyl (C=O) groups is 2. The normalized spacial score (nSPS) is 17.5. The Morgan fingerprint density at radius 3 is 2.39 bits per heavy atom. The van der Waals surface area contributed by atoms with Crippen LogP contribution in [0.1, 0.15) is 118 Å². The second-order valence-corrected chi connectivity index (χ2v) is 17.3. The fraction of sp³-hybridized carbons (Fsp3) is 0.490. The molecule has 3 unspecified atom stereocenters. The fourth-order valence-corrected chi connectivity index (χ4v) is 8.95. The van der Waals surface area contributed by atoms with Crippen molar-refractivity contribution in [1.82, 2.24) is 10.6 Å². The van der Waals surface area contributed by atoms with Crippen LogP contribution < -0.4 is 21.1 Å². The Bertz CT molecular complexity index is 1890. The van der Waals surface area contributed by atoms with Gasteiger partial charge in [0.2, 0.25) is 0 Å². The number of nitrogens with one attached hydrogen (secondary N) is 2. The van der Waals surface area contributed by atoms with Crippen LogP contribution >= 0.6 is 0 Å². The number of methoxy groups -OCH3 is 1. The summed E-state index contributed by atoms with van der Waals surface area (Å²) in [6, 6.07) is 22.8. The van der Waals surface area contributed by atoms with Crippen LogP contribution in [0.15, 0.2) is 96.2 Å². The number of phenolic OH excluding ortho intramolecular Hbond substituents is 1. The molecular weight excluding hydrogens is 735 g/mol. The molecule has 1 aliphatic heterocycles. The third-order valence-corrected chi connectivity index (χ3v) is 12.3. The van der Waals surface area contributed by atoms with E-state index in [2.05, 4.69) is 72.2 Å². The van der Waals surface area contributed by atoms with Gasteiger partial charge in [0.1, 0.15) is 5.78 Å². The van der Waals surface area contributed by atoms with E-state index in [1.54, 1.807) is 18.2 Å². The monoisotopic (exact) mass is 804 g/mol. The molecule has 1 heterocycles. The van der Waals surface area contributed by atoms with Gasteiger partial charge in [0.15, 0.2) is 17.3 Å². The number of nitrogens with two attached hydrogens (primary N) is 1. The van der Waals surface area contributed by atoms with Gasteiger partial charge in [-0.25, -0.2) is 0 Å². The molecule has 0 aromatic heterocycles. The maximum absolute atomic E-state index is 13.2. The number of Topliss-reactive ketones (excluding diaryl/α,β-unsaturated/α-hetero) is 1. The van der Waals surface area contributed by atoms with E-state index in [9.17, 15) is 19.8 Å². The van der Waals surface area contributed by atoms with E-state index in [-0.39, 0.29) is 29.9 Å². The number of rotatable bonds is 24. The number of hydrogen-bond acceptors (Lipinski definition) is 8. The number of carbonyl (C=O) groups excluding carboxylic acids is 2. The van der Waals surface area contributed by atoms with Crippen molar-refractivity contribution < 1.29 is 24.5 Å². The molecule has 1 fully saturated rings. The number of aryl methyl sites for hydroxylation is 3. The average molecular weight is 804 g/mol. The smallest absolute Gasteiger partial charge is 0.163 e. The van der Waals surface area contributed by atoms with Crippen LogP contribution in [0, 0.1) is 11.8 Å². The Labute approximate surface area is 353 Å². The third kappa shape index (κ3) is 15.2. The van der Waals surface area contributed by atoms with Gasteiger partial charge in [-0.15, -0.1) is 0 Å². The van der Waals surface area contributed by atoms with Gasteiger partial charge >= 0.3 is 0 Å². The highest BCUT2D eigenvalue weighted by atomic mass is 16.5.